The van der Waals surface area contributed by atoms with Crippen LogP contribution in [0.4, 0.5) is 0 Å². The van der Waals surface area contributed by atoms with E-state index in [1.54, 1.807) is 0 Å². The Bertz CT molecular complexity index is 516. The van der Waals surface area contributed by atoms with Gasteiger partial charge < -0.3 is 10.4 Å². The molecule has 0 unspecified atom stereocenters. The molecule has 0 saturated carbocycles. The minimum atomic E-state index is -3.32. The van der Waals surface area contributed by atoms with Crippen LogP contribution in [0.25, 0.3) is 0 Å². The van der Waals surface area contributed by atoms with Crippen molar-refractivity contribution in [2.24, 2.45) is 0 Å². The maximum absolute atomic E-state index is 11.3. The molecule has 0 aliphatic rings. The molecule has 6 nitrogen and oxygen atoms in total. The highest BCUT2D eigenvalue weighted by atomic mass is 32.2. The number of carboxylic acids is 1. The zero-order valence-corrected chi connectivity index (χ0v) is 9.89. The summed E-state index contributed by atoms with van der Waals surface area (Å²) in [4.78, 5) is 21.5. The quantitative estimate of drug-likeness (QED) is 0.794. The first-order valence-corrected chi connectivity index (χ1v) is 6.86. The molecule has 0 atom stereocenters. The Labute approximate surface area is 95.8 Å². The molecule has 16 heavy (non-hydrogen) atoms. The van der Waals surface area contributed by atoms with E-state index in [1.165, 1.54) is 11.4 Å². The van der Waals surface area contributed by atoms with Crippen LogP contribution in [0.5, 0.6) is 0 Å². The third-order valence-electron chi connectivity index (χ3n) is 1.60. The summed E-state index contributed by atoms with van der Waals surface area (Å²) in [5, 5.41) is 11.8. The van der Waals surface area contributed by atoms with E-state index in [9.17, 15) is 18.0 Å². The molecule has 0 radical (unpaired) electrons. The fourth-order valence-corrected chi connectivity index (χ4v) is 2.69. The topological polar surface area (TPSA) is 101 Å². The smallest absolute Gasteiger partial charge is 0.322 e. The number of hydrogen-bond donors (Lipinski definition) is 2. The molecule has 1 heterocycles. The largest absolute Gasteiger partial charge is 0.480 e. The number of sulfone groups is 1. The Hall–Kier alpha value is -1.41. The van der Waals surface area contributed by atoms with Gasteiger partial charge in [-0.05, 0) is 6.07 Å². The number of hydrogen-bond acceptors (Lipinski definition) is 5. The van der Waals surface area contributed by atoms with Gasteiger partial charge in [0.05, 0.1) is 5.56 Å². The lowest BCUT2D eigenvalue weighted by molar-refractivity contribution is -0.135. The summed E-state index contributed by atoms with van der Waals surface area (Å²) in [6.45, 7) is -0.497. The summed E-state index contributed by atoms with van der Waals surface area (Å²) in [6, 6.07) is 1.22. The molecule has 2 N–H and O–H groups in total. The van der Waals surface area contributed by atoms with Gasteiger partial charge in [-0.2, -0.15) is 0 Å². The molecular weight excluding hydrogens is 254 g/mol. The molecule has 1 amide bonds. The molecular formula is C8H9NO5S2. The number of rotatable bonds is 4. The molecule has 0 aromatic carbocycles. The minimum Gasteiger partial charge on any atom is -0.480 e. The van der Waals surface area contributed by atoms with Crippen molar-refractivity contribution in [3.05, 3.63) is 17.0 Å². The number of nitrogens with one attached hydrogen (secondary N) is 1. The Balaban J connectivity index is 2.79. The van der Waals surface area contributed by atoms with Gasteiger partial charge in [-0.15, -0.1) is 11.3 Å². The van der Waals surface area contributed by atoms with Crippen molar-refractivity contribution >= 4 is 33.1 Å². The van der Waals surface area contributed by atoms with Gasteiger partial charge >= 0.3 is 5.97 Å². The number of amides is 1. The summed E-state index contributed by atoms with van der Waals surface area (Å²) < 4.78 is 22.3. The van der Waals surface area contributed by atoms with Crippen molar-refractivity contribution in [1.82, 2.24) is 5.32 Å². The fourth-order valence-electron chi connectivity index (χ4n) is 0.888. The molecule has 1 rings (SSSR count). The Morgan fingerprint density at radius 3 is 2.56 bits per heavy atom. The summed E-state index contributed by atoms with van der Waals surface area (Å²) in [7, 11) is -3.32. The molecule has 0 spiro atoms. The van der Waals surface area contributed by atoms with Crippen LogP contribution < -0.4 is 5.32 Å². The first kappa shape index (κ1) is 12.7. The van der Waals surface area contributed by atoms with Gasteiger partial charge in [-0.3, -0.25) is 9.59 Å². The highest BCUT2D eigenvalue weighted by Crippen LogP contribution is 2.19. The lowest BCUT2D eigenvalue weighted by Crippen LogP contribution is -2.28. The van der Waals surface area contributed by atoms with E-state index in [1.807, 2.05) is 0 Å². The van der Waals surface area contributed by atoms with E-state index >= 15 is 0 Å². The highest BCUT2D eigenvalue weighted by Gasteiger charge is 2.14. The van der Waals surface area contributed by atoms with Crippen molar-refractivity contribution < 1.29 is 23.1 Å². The zero-order chi connectivity index (χ0) is 12.3. The van der Waals surface area contributed by atoms with Crippen LogP contribution in [0.15, 0.2) is 15.7 Å². The van der Waals surface area contributed by atoms with Crippen LogP contribution in [0.2, 0.25) is 0 Å². The average molecular weight is 263 g/mol. The van der Waals surface area contributed by atoms with Crippen LogP contribution in [0.3, 0.4) is 0 Å². The van der Waals surface area contributed by atoms with Gasteiger partial charge in [0.2, 0.25) is 0 Å². The second kappa shape index (κ2) is 4.62. The Morgan fingerprint density at radius 2 is 2.12 bits per heavy atom. The SMILES string of the molecule is CS(=O)(=O)c1cc(C(=O)NCC(=O)O)cs1. The van der Waals surface area contributed by atoms with Crippen molar-refractivity contribution in [3.63, 3.8) is 0 Å². The zero-order valence-electron chi connectivity index (χ0n) is 8.26. The van der Waals surface area contributed by atoms with Gasteiger partial charge in [0.15, 0.2) is 9.84 Å². The molecule has 0 bridgehead atoms. The van der Waals surface area contributed by atoms with Gasteiger partial charge in [0.1, 0.15) is 10.8 Å². The molecule has 1 aromatic heterocycles. The van der Waals surface area contributed by atoms with E-state index in [4.69, 9.17) is 5.11 Å². The maximum atomic E-state index is 11.3. The molecule has 1 aromatic rings. The first-order valence-electron chi connectivity index (χ1n) is 4.09. The van der Waals surface area contributed by atoms with Gasteiger partial charge in [-0.25, -0.2) is 8.42 Å². The lowest BCUT2D eigenvalue weighted by Gasteiger charge is -1.98. The second-order valence-electron chi connectivity index (χ2n) is 3.00. The summed E-state index contributed by atoms with van der Waals surface area (Å²) in [5.74, 6) is -1.76. The van der Waals surface area contributed by atoms with Crippen LogP contribution in [-0.4, -0.2) is 38.2 Å². The first-order chi connectivity index (χ1) is 7.30. The Morgan fingerprint density at radius 1 is 1.50 bits per heavy atom. The molecule has 0 aliphatic carbocycles. The summed E-state index contributed by atoms with van der Waals surface area (Å²) in [6.07, 6.45) is 1.04. The van der Waals surface area contributed by atoms with Gasteiger partial charge in [-0.1, -0.05) is 0 Å². The van der Waals surface area contributed by atoms with Crippen LogP contribution in [0, 0.1) is 0 Å². The van der Waals surface area contributed by atoms with E-state index in [2.05, 4.69) is 5.32 Å². The highest BCUT2D eigenvalue weighted by molar-refractivity contribution is 7.92. The number of carboxylic acid groups (broad SMARTS) is 1. The standard InChI is InChI=1S/C8H9NO5S2/c1-16(13,14)7-2-5(4-15-7)8(12)9-3-6(10)11/h2,4H,3H2,1H3,(H,9,12)(H,10,11). The van der Waals surface area contributed by atoms with Crippen molar-refractivity contribution in [2.45, 2.75) is 4.21 Å². The molecule has 8 heteroatoms. The predicted molar refractivity (Wildman–Crippen MR) is 57.4 cm³/mol. The molecule has 0 aliphatic heterocycles. The normalized spacial score (nSPS) is 11.1. The number of thiophene rings is 1. The van der Waals surface area contributed by atoms with Crippen molar-refractivity contribution in [2.75, 3.05) is 12.8 Å². The molecule has 0 saturated heterocycles. The summed E-state index contributed by atoms with van der Waals surface area (Å²) in [5.41, 5.74) is 0.145. The summed E-state index contributed by atoms with van der Waals surface area (Å²) >= 11 is 0.923. The Kier molecular flexibility index (Phi) is 3.66. The molecule has 0 fully saturated rings. The van der Waals surface area contributed by atoms with Crippen molar-refractivity contribution in [3.8, 4) is 0 Å². The number of carbonyl (C=O) groups is 2. The number of aliphatic carboxylic acids is 1. The van der Waals surface area contributed by atoms with E-state index in [0.717, 1.165) is 17.6 Å². The van der Waals surface area contributed by atoms with E-state index in [-0.39, 0.29) is 9.77 Å². The third kappa shape index (κ3) is 3.31. The third-order valence-corrected chi connectivity index (χ3v) is 4.37. The van der Waals surface area contributed by atoms with Crippen molar-refractivity contribution in [1.29, 1.82) is 0 Å². The van der Waals surface area contributed by atoms with Crippen LogP contribution in [-0.2, 0) is 14.6 Å². The fraction of sp³-hybridized carbons (Fsp3) is 0.250. The average Bonchev–Trinajstić information content (AvgIpc) is 2.61. The van der Waals surface area contributed by atoms with Gasteiger partial charge in [0.25, 0.3) is 5.91 Å². The number of carbonyl (C=O) groups excluding carboxylic acids is 1. The molecule has 88 valence electrons. The van der Waals surface area contributed by atoms with E-state index < -0.39 is 28.3 Å². The second-order valence-corrected chi connectivity index (χ2v) is 6.16. The lowest BCUT2D eigenvalue weighted by atomic mass is 10.3. The monoisotopic (exact) mass is 263 g/mol. The maximum Gasteiger partial charge on any atom is 0.322 e. The minimum absolute atomic E-state index is 0.0768. The van der Waals surface area contributed by atoms with Crippen LogP contribution in [0.1, 0.15) is 10.4 Å². The van der Waals surface area contributed by atoms with Crippen LogP contribution >= 0.6 is 11.3 Å². The van der Waals surface area contributed by atoms with Gasteiger partial charge in [0, 0.05) is 11.6 Å². The van der Waals surface area contributed by atoms with E-state index in [0.29, 0.717) is 0 Å². The predicted octanol–water partition coefficient (Wildman–Crippen LogP) is -0.0340.